The summed E-state index contributed by atoms with van der Waals surface area (Å²) in [6.45, 7) is 3.41. The number of halogens is 2. The summed E-state index contributed by atoms with van der Waals surface area (Å²) in [5.74, 6) is -0.547. The van der Waals surface area contributed by atoms with Gasteiger partial charge in [0.2, 0.25) is 10.0 Å². The van der Waals surface area contributed by atoms with Gasteiger partial charge in [-0.05, 0) is 44.2 Å². The quantitative estimate of drug-likeness (QED) is 0.816. The Morgan fingerprint density at radius 3 is 2.33 bits per heavy atom. The van der Waals surface area contributed by atoms with Crippen molar-refractivity contribution in [2.45, 2.75) is 24.8 Å². The number of carbonyl (C=O) groups excluding carboxylic acids is 1. The number of nitrogens with one attached hydrogen (secondary N) is 2. The van der Waals surface area contributed by atoms with Crippen molar-refractivity contribution in [2.24, 2.45) is 0 Å². The van der Waals surface area contributed by atoms with Crippen LogP contribution in [0.5, 0.6) is 0 Å². The third kappa shape index (κ3) is 4.48. The van der Waals surface area contributed by atoms with E-state index in [1.165, 1.54) is 18.2 Å². The van der Waals surface area contributed by atoms with E-state index >= 15 is 0 Å². The summed E-state index contributed by atoms with van der Waals surface area (Å²) >= 11 is 12.0. The lowest BCUT2D eigenvalue weighted by Crippen LogP contribution is -2.30. The molecule has 0 radical (unpaired) electrons. The molecule has 0 atom stereocenters. The van der Waals surface area contributed by atoms with Crippen molar-refractivity contribution in [1.29, 1.82) is 0 Å². The monoisotopic (exact) mass is 386 g/mol. The number of sulfonamides is 1. The molecule has 0 saturated carbocycles. The first-order valence-corrected chi connectivity index (χ1v) is 9.32. The molecule has 0 aliphatic carbocycles. The maximum absolute atomic E-state index is 12.4. The van der Waals surface area contributed by atoms with Gasteiger partial charge in [0, 0.05) is 6.04 Å². The largest absolute Gasteiger partial charge is 0.321 e. The van der Waals surface area contributed by atoms with Gasteiger partial charge in [-0.15, -0.1) is 0 Å². The van der Waals surface area contributed by atoms with Gasteiger partial charge in [0.25, 0.3) is 5.91 Å². The van der Waals surface area contributed by atoms with Crippen LogP contribution in [0.15, 0.2) is 47.4 Å². The van der Waals surface area contributed by atoms with E-state index in [-0.39, 0.29) is 21.5 Å². The molecule has 24 heavy (non-hydrogen) atoms. The van der Waals surface area contributed by atoms with Gasteiger partial charge in [-0.2, -0.15) is 0 Å². The maximum atomic E-state index is 12.4. The number of hydrogen-bond acceptors (Lipinski definition) is 3. The van der Waals surface area contributed by atoms with E-state index in [2.05, 4.69) is 10.0 Å². The fourth-order valence-corrected chi connectivity index (χ4v) is 3.64. The molecule has 0 unspecified atom stereocenters. The van der Waals surface area contributed by atoms with Crippen LogP contribution in [-0.2, 0) is 10.0 Å². The highest BCUT2D eigenvalue weighted by Gasteiger charge is 2.20. The van der Waals surface area contributed by atoms with Crippen LogP contribution in [-0.4, -0.2) is 20.4 Å². The topological polar surface area (TPSA) is 75.3 Å². The molecule has 0 saturated heterocycles. The molecule has 2 aromatic carbocycles. The van der Waals surface area contributed by atoms with Gasteiger partial charge < -0.3 is 5.32 Å². The molecule has 0 bridgehead atoms. The molecule has 5 nitrogen and oxygen atoms in total. The van der Waals surface area contributed by atoms with E-state index in [1.807, 2.05) is 0 Å². The minimum atomic E-state index is -3.73. The summed E-state index contributed by atoms with van der Waals surface area (Å²) < 4.78 is 26.9. The smallest absolute Gasteiger partial charge is 0.257 e. The van der Waals surface area contributed by atoms with Gasteiger partial charge in [0.15, 0.2) is 0 Å². The average Bonchev–Trinajstić information content (AvgIpc) is 2.48. The Morgan fingerprint density at radius 1 is 1.04 bits per heavy atom. The molecule has 2 rings (SSSR count). The molecule has 0 fully saturated rings. The van der Waals surface area contributed by atoms with E-state index in [0.717, 1.165) is 0 Å². The second-order valence-corrected chi connectivity index (χ2v) is 7.88. The van der Waals surface area contributed by atoms with Gasteiger partial charge in [0.1, 0.15) is 0 Å². The molecule has 8 heteroatoms. The molecule has 0 heterocycles. The predicted octanol–water partition coefficient (Wildman–Crippen LogP) is 3.93. The zero-order chi connectivity index (χ0) is 17.9. The highest BCUT2D eigenvalue weighted by molar-refractivity contribution is 7.89. The van der Waals surface area contributed by atoms with Crippen molar-refractivity contribution >= 4 is 44.8 Å². The van der Waals surface area contributed by atoms with Crippen molar-refractivity contribution in [3.8, 4) is 0 Å². The molecule has 0 aliphatic heterocycles. The Morgan fingerprint density at radius 2 is 1.71 bits per heavy atom. The van der Waals surface area contributed by atoms with Crippen molar-refractivity contribution < 1.29 is 13.2 Å². The first kappa shape index (κ1) is 18.7. The highest BCUT2D eigenvalue weighted by atomic mass is 35.5. The lowest BCUT2D eigenvalue weighted by Gasteiger charge is -2.12. The average molecular weight is 387 g/mol. The Bertz CT molecular complexity index is 867. The van der Waals surface area contributed by atoms with Crippen LogP contribution in [0.3, 0.4) is 0 Å². The van der Waals surface area contributed by atoms with E-state index < -0.39 is 15.9 Å². The van der Waals surface area contributed by atoms with Crippen LogP contribution in [0.4, 0.5) is 5.69 Å². The number of hydrogen-bond donors (Lipinski definition) is 2. The molecule has 128 valence electrons. The number of benzene rings is 2. The molecule has 2 N–H and O–H groups in total. The zero-order valence-corrected chi connectivity index (χ0v) is 15.3. The third-order valence-corrected chi connectivity index (χ3v) is 5.32. The molecule has 1 amide bonds. The predicted molar refractivity (Wildman–Crippen MR) is 96.3 cm³/mol. The molecular formula is C16H16Cl2N2O3S. The van der Waals surface area contributed by atoms with E-state index in [0.29, 0.717) is 10.7 Å². The van der Waals surface area contributed by atoms with Crippen LogP contribution in [0.1, 0.15) is 24.2 Å². The molecule has 0 aliphatic rings. The van der Waals surface area contributed by atoms with E-state index in [4.69, 9.17) is 23.2 Å². The van der Waals surface area contributed by atoms with Gasteiger partial charge in [-0.1, -0.05) is 35.3 Å². The lowest BCUT2D eigenvalue weighted by molar-refractivity contribution is 0.102. The molecular weight excluding hydrogens is 371 g/mol. The van der Waals surface area contributed by atoms with Crippen molar-refractivity contribution in [2.75, 3.05) is 5.32 Å². The Balaban J connectivity index is 2.35. The minimum Gasteiger partial charge on any atom is -0.321 e. The fraction of sp³-hybridized carbons (Fsp3) is 0.188. The molecule has 2 aromatic rings. The van der Waals surface area contributed by atoms with Gasteiger partial charge in [-0.25, -0.2) is 13.1 Å². The van der Waals surface area contributed by atoms with E-state index in [9.17, 15) is 13.2 Å². The number of para-hydroxylation sites is 1. The molecule has 0 spiro atoms. The molecule has 0 aromatic heterocycles. The van der Waals surface area contributed by atoms with Crippen LogP contribution in [0, 0.1) is 0 Å². The summed E-state index contributed by atoms with van der Waals surface area (Å²) in [5, 5.41) is 3.13. The first-order chi connectivity index (χ1) is 11.2. The number of anilines is 1. The maximum Gasteiger partial charge on any atom is 0.257 e. The minimum absolute atomic E-state index is 0.0371. The van der Waals surface area contributed by atoms with Crippen molar-refractivity contribution in [3.05, 3.63) is 58.1 Å². The van der Waals surface area contributed by atoms with Crippen LogP contribution < -0.4 is 10.0 Å². The lowest BCUT2D eigenvalue weighted by atomic mass is 10.2. The fourth-order valence-electron chi connectivity index (χ4n) is 1.98. The highest BCUT2D eigenvalue weighted by Crippen LogP contribution is 2.25. The summed E-state index contributed by atoms with van der Waals surface area (Å²) in [6, 6.07) is 10.4. The zero-order valence-electron chi connectivity index (χ0n) is 13.0. The number of amides is 1. The van der Waals surface area contributed by atoms with E-state index in [1.54, 1.807) is 38.1 Å². The third-order valence-electron chi connectivity index (χ3n) is 3.01. The summed E-state index contributed by atoms with van der Waals surface area (Å²) in [5.41, 5.74) is 0.456. The normalized spacial score (nSPS) is 11.5. The Labute approximate surface area is 151 Å². The number of rotatable bonds is 5. The summed E-state index contributed by atoms with van der Waals surface area (Å²) in [6.07, 6.45) is 0. The standard InChI is InChI=1S/C16H16Cl2N2O3S/c1-10(2)20-24(22,23)11-7-8-13(17)12(9-11)16(21)19-15-6-4-3-5-14(15)18/h3-10,20H,1-2H3,(H,19,21). The Kier molecular flexibility index (Phi) is 5.87. The summed E-state index contributed by atoms with van der Waals surface area (Å²) in [4.78, 5) is 12.4. The van der Waals surface area contributed by atoms with Crippen molar-refractivity contribution in [1.82, 2.24) is 4.72 Å². The van der Waals surface area contributed by atoms with Crippen molar-refractivity contribution in [3.63, 3.8) is 0 Å². The SMILES string of the molecule is CC(C)NS(=O)(=O)c1ccc(Cl)c(C(=O)Nc2ccccc2Cl)c1. The first-order valence-electron chi connectivity index (χ1n) is 7.08. The second-order valence-electron chi connectivity index (χ2n) is 5.35. The van der Waals surface area contributed by atoms with Crippen LogP contribution in [0.2, 0.25) is 10.0 Å². The van der Waals surface area contributed by atoms with Gasteiger partial charge in [0.05, 0.1) is 26.2 Å². The van der Waals surface area contributed by atoms with Gasteiger partial charge >= 0.3 is 0 Å². The Hall–Kier alpha value is -1.60. The van der Waals surface area contributed by atoms with Crippen LogP contribution in [0.25, 0.3) is 0 Å². The van der Waals surface area contributed by atoms with Gasteiger partial charge in [-0.3, -0.25) is 4.79 Å². The summed E-state index contributed by atoms with van der Waals surface area (Å²) in [7, 11) is -3.73. The van der Waals surface area contributed by atoms with Crippen LogP contribution >= 0.6 is 23.2 Å². The number of carbonyl (C=O) groups is 1. The second kappa shape index (κ2) is 7.53.